The van der Waals surface area contributed by atoms with Crippen LogP contribution in [0.2, 0.25) is 0 Å². The number of rotatable bonds is 4. The second-order valence-electron chi connectivity index (χ2n) is 6.50. The third-order valence-electron chi connectivity index (χ3n) is 3.90. The zero-order valence-corrected chi connectivity index (χ0v) is 14.7. The Kier molecular flexibility index (Phi) is 4.58. The topological polar surface area (TPSA) is 88.0 Å². The first-order valence-corrected chi connectivity index (χ1v) is 7.65. The van der Waals surface area contributed by atoms with Crippen molar-refractivity contribution in [2.24, 2.45) is 0 Å². The maximum atomic E-state index is 12.5. The monoisotopic (exact) mass is 337 g/mol. The molecule has 0 radical (unpaired) electrons. The molecule has 128 valence electrons. The first kappa shape index (κ1) is 18.1. The SMILES string of the molecule is C=Cn1cccc1C(=O)OC(C)(C)C1=C(C#N)/C(=C/C#N)C(C)(C)O1. The van der Waals surface area contributed by atoms with Gasteiger partial charge in [0.2, 0.25) is 0 Å². The highest BCUT2D eigenvalue weighted by atomic mass is 16.6. The van der Waals surface area contributed by atoms with E-state index in [4.69, 9.17) is 14.7 Å². The van der Waals surface area contributed by atoms with Gasteiger partial charge in [0.25, 0.3) is 0 Å². The Hall–Kier alpha value is -3.25. The van der Waals surface area contributed by atoms with Gasteiger partial charge in [-0.15, -0.1) is 0 Å². The Balaban J connectivity index is 2.42. The van der Waals surface area contributed by atoms with Crippen LogP contribution >= 0.6 is 0 Å². The van der Waals surface area contributed by atoms with Gasteiger partial charge in [0.1, 0.15) is 22.9 Å². The fraction of sp³-hybridized carbons (Fsp3) is 0.316. The highest BCUT2D eigenvalue weighted by Crippen LogP contribution is 2.43. The van der Waals surface area contributed by atoms with E-state index in [-0.39, 0.29) is 11.3 Å². The Bertz CT molecular complexity index is 870. The lowest BCUT2D eigenvalue weighted by atomic mass is 9.92. The summed E-state index contributed by atoms with van der Waals surface area (Å²) in [5, 5.41) is 18.5. The quantitative estimate of drug-likeness (QED) is 0.619. The number of hydrogen-bond acceptors (Lipinski definition) is 5. The second-order valence-corrected chi connectivity index (χ2v) is 6.50. The minimum Gasteiger partial charge on any atom is -0.482 e. The number of hydrogen-bond donors (Lipinski definition) is 0. The first-order chi connectivity index (χ1) is 11.7. The average molecular weight is 337 g/mol. The molecule has 0 bridgehead atoms. The Morgan fingerprint density at radius 3 is 2.68 bits per heavy atom. The van der Waals surface area contributed by atoms with Crippen molar-refractivity contribution in [1.82, 2.24) is 4.57 Å². The summed E-state index contributed by atoms with van der Waals surface area (Å²) < 4.78 is 13.0. The van der Waals surface area contributed by atoms with Gasteiger partial charge in [-0.2, -0.15) is 10.5 Å². The highest BCUT2D eigenvalue weighted by Gasteiger charge is 2.46. The first-order valence-electron chi connectivity index (χ1n) is 7.65. The van der Waals surface area contributed by atoms with Gasteiger partial charge in [-0.25, -0.2) is 4.79 Å². The fourth-order valence-electron chi connectivity index (χ4n) is 2.69. The lowest BCUT2D eigenvalue weighted by Gasteiger charge is -2.29. The van der Waals surface area contributed by atoms with Crippen LogP contribution < -0.4 is 0 Å². The number of allylic oxidation sites excluding steroid dienone is 1. The van der Waals surface area contributed by atoms with Gasteiger partial charge in [0, 0.05) is 24.0 Å². The van der Waals surface area contributed by atoms with Gasteiger partial charge in [-0.3, -0.25) is 0 Å². The summed E-state index contributed by atoms with van der Waals surface area (Å²) >= 11 is 0. The lowest BCUT2D eigenvalue weighted by Crippen LogP contribution is -2.33. The summed E-state index contributed by atoms with van der Waals surface area (Å²) in [5.41, 5.74) is -1.07. The predicted octanol–water partition coefficient (Wildman–Crippen LogP) is 3.56. The van der Waals surface area contributed by atoms with Crippen LogP contribution in [0, 0.1) is 22.7 Å². The molecule has 0 atom stereocenters. The lowest BCUT2D eigenvalue weighted by molar-refractivity contribution is -0.0299. The molecule has 0 aromatic carbocycles. The van der Waals surface area contributed by atoms with Crippen molar-refractivity contribution in [3.8, 4) is 12.1 Å². The molecule has 0 saturated heterocycles. The molecule has 25 heavy (non-hydrogen) atoms. The summed E-state index contributed by atoms with van der Waals surface area (Å²) in [5.74, 6) is -0.342. The predicted molar refractivity (Wildman–Crippen MR) is 91.8 cm³/mol. The number of nitriles is 2. The van der Waals surface area contributed by atoms with E-state index in [1.165, 1.54) is 12.3 Å². The molecule has 0 saturated carbocycles. The van der Waals surface area contributed by atoms with E-state index in [1.807, 2.05) is 6.07 Å². The van der Waals surface area contributed by atoms with Crippen LogP contribution in [0.3, 0.4) is 0 Å². The van der Waals surface area contributed by atoms with Crippen molar-refractivity contribution >= 4 is 12.2 Å². The number of carbonyl (C=O) groups is 1. The van der Waals surface area contributed by atoms with Crippen molar-refractivity contribution in [1.29, 1.82) is 10.5 Å². The molecule has 6 nitrogen and oxygen atoms in total. The molecule has 1 aromatic heterocycles. The van der Waals surface area contributed by atoms with E-state index >= 15 is 0 Å². The number of carbonyl (C=O) groups excluding carboxylic acids is 1. The van der Waals surface area contributed by atoms with Gasteiger partial charge >= 0.3 is 5.97 Å². The van der Waals surface area contributed by atoms with Crippen LogP contribution in [0.4, 0.5) is 0 Å². The molecule has 2 rings (SSSR count). The zero-order chi connectivity index (χ0) is 18.8. The van der Waals surface area contributed by atoms with Crippen molar-refractivity contribution in [3.05, 3.63) is 53.6 Å². The molecular weight excluding hydrogens is 318 g/mol. The van der Waals surface area contributed by atoms with Gasteiger partial charge < -0.3 is 14.0 Å². The minimum atomic E-state index is -1.19. The Morgan fingerprint density at radius 1 is 1.44 bits per heavy atom. The van der Waals surface area contributed by atoms with Crippen LogP contribution in [0.25, 0.3) is 6.20 Å². The summed E-state index contributed by atoms with van der Waals surface area (Å²) in [6.45, 7) is 10.4. The summed E-state index contributed by atoms with van der Waals surface area (Å²) in [6, 6.07) is 7.31. The molecule has 1 aliphatic heterocycles. The number of esters is 1. The van der Waals surface area contributed by atoms with E-state index in [0.717, 1.165) is 0 Å². The molecule has 1 aromatic rings. The minimum absolute atomic E-state index is 0.212. The Labute approximate surface area is 146 Å². The van der Waals surface area contributed by atoms with E-state index < -0.39 is 17.2 Å². The maximum absolute atomic E-state index is 12.5. The zero-order valence-electron chi connectivity index (χ0n) is 14.7. The molecule has 0 spiro atoms. The van der Waals surface area contributed by atoms with Crippen LogP contribution in [-0.2, 0) is 9.47 Å². The summed E-state index contributed by atoms with van der Waals surface area (Å²) in [6.07, 6.45) is 4.46. The largest absolute Gasteiger partial charge is 0.482 e. The van der Waals surface area contributed by atoms with Crippen molar-refractivity contribution < 1.29 is 14.3 Å². The normalized spacial score (nSPS) is 17.6. The van der Waals surface area contributed by atoms with Crippen LogP contribution in [0.1, 0.15) is 38.2 Å². The van der Waals surface area contributed by atoms with Gasteiger partial charge in [0.15, 0.2) is 11.4 Å². The van der Waals surface area contributed by atoms with E-state index in [9.17, 15) is 10.1 Å². The second kappa shape index (κ2) is 6.33. The van der Waals surface area contributed by atoms with Crippen LogP contribution in [0.15, 0.2) is 47.9 Å². The number of ether oxygens (including phenoxy) is 2. The molecule has 1 aliphatic rings. The summed E-state index contributed by atoms with van der Waals surface area (Å²) in [7, 11) is 0. The van der Waals surface area contributed by atoms with Gasteiger partial charge in [-0.1, -0.05) is 6.58 Å². The standard InChI is InChI=1S/C19H19N3O3/c1-6-22-11-7-8-15(22)17(23)25-19(4,5)16-13(12-21)14(9-10-20)18(2,3)24-16/h6-9,11H,1H2,2-5H3/b14-9-. The highest BCUT2D eigenvalue weighted by molar-refractivity contribution is 5.89. The fourth-order valence-corrected chi connectivity index (χ4v) is 2.69. The molecule has 0 fully saturated rings. The molecule has 0 unspecified atom stereocenters. The molecule has 0 amide bonds. The maximum Gasteiger partial charge on any atom is 0.356 e. The molecule has 0 N–H and O–H groups in total. The molecule has 6 heteroatoms. The van der Waals surface area contributed by atoms with Gasteiger partial charge in [0.05, 0.1) is 6.07 Å². The average Bonchev–Trinajstić information content (AvgIpc) is 3.10. The van der Waals surface area contributed by atoms with Crippen LogP contribution in [0.5, 0.6) is 0 Å². The van der Waals surface area contributed by atoms with Crippen LogP contribution in [-0.4, -0.2) is 21.7 Å². The third-order valence-corrected chi connectivity index (χ3v) is 3.90. The third kappa shape index (κ3) is 3.20. The van der Waals surface area contributed by atoms with E-state index in [0.29, 0.717) is 11.3 Å². The number of aromatic nitrogens is 1. The smallest absolute Gasteiger partial charge is 0.356 e. The van der Waals surface area contributed by atoms with Gasteiger partial charge in [-0.05, 0) is 39.8 Å². The van der Waals surface area contributed by atoms with Crippen molar-refractivity contribution in [2.75, 3.05) is 0 Å². The summed E-state index contributed by atoms with van der Waals surface area (Å²) in [4.78, 5) is 12.5. The Morgan fingerprint density at radius 2 is 2.12 bits per heavy atom. The number of nitrogens with zero attached hydrogens (tertiary/aromatic N) is 3. The molecule has 2 heterocycles. The van der Waals surface area contributed by atoms with E-state index in [2.05, 4.69) is 12.6 Å². The molecular formula is C19H19N3O3. The van der Waals surface area contributed by atoms with E-state index in [1.54, 1.807) is 50.6 Å². The molecule has 0 aliphatic carbocycles. The van der Waals surface area contributed by atoms with Crippen molar-refractivity contribution in [2.45, 2.75) is 38.9 Å². The van der Waals surface area contributed by atoms with Crippen molar-refractivity contribution in [3.63, 3.8) is 0 Å².